The molecule has 0 saturated heterocycles. The third-order valence-electron chi connectivity index (χ3n) is 3.20. The molecule has 0 radical (unpaired) electrons. The Hall–Kier alpha value is -2.27. The molecule has 22 heavy (non-hydrogen) atoms. The van der Waals surface area contributed by atoms with Crippen molar-refractivity contribution >= 4 is 23.2 Å². The maximum Gasteiger partial charge on any atom is 0.251 e. The summed E-state index contributed by atoms with van der Waals surface area (Å²) in [7, 11) is 1.50. The van der Waals surface area contributed by atoms with Crippen molar-refractivity contribution in [3.63, 3.8) is 0 Å². The molecular formula is C16H17ClN2O3. The van der Waals surface area contributed by atoms with Gasteiger partial charge in [-0.15, -0.1) is 0 Å². The van der Waals surface area contributed by atoms with Gasteiger partial charge in [0.25, 0.3) is 5.56 Å². The smallest absolute Gasteiger partial charge is 0.251 e. The van der Waals surface area contributed by atoms with Crippen LogP contribution in [0.4, 0.5) is 5.69 Å². The molecule has 0 unspecified atom stereocenters. The highest BCUT2D eigenvalue weighted by molar-refractivity contribution is 6.31. The van der Waals surface area contributed by atoms with E-state index in [4.69, 9.17) is 16.3 Å². The number of nitrogens with one attached hydrogen (secondary N) is 1. The van der Waals surface area contributed by atoms with E-state index >= 15 is 0 Å². The molecule has 0 aliphatic carbocycles. The predicted molar refractivity (Wildman–Crippen MR) is 86.8 cm³/mol. The first kappa shape index (κ1) is 16.1. The molecule has 2 rings (SSSR count). The van der Waals surface area contributed by atoms with Crippen molar-refractivity contribution in [1.82, 2.24) is 4.57 Å². The summed E-state index contributed by atoms with van der Waals surface area (Å²) >= 11 is 6.03. The number of amides is 1. The molecule has 1 N–H and O–H groups in total. The molecule has 0 saturated carbocycles. The number of methoxy groups -OCH3 is 1. The van der Waals surface area contributed by atoms with Gasteiger partial charge in [0.15, 0.2) is 0 Å². The third-order valence-corrected chi connectivity index (χ3v) is 3.61. The molecule has 0 fully saturated rings. The summed E-state index contributed by atoms with van der Waals surface area (Å²) in [5, 5.41) is 3.30. The van der Waals surface area contributed by atoms with E-state index in [1.807, 2.05) is 13.8 Å². The van der Waals surface area contributed by atoms with Crippen LogP contribution in [0.2, 0.25) is 5.02 Å². The van der Waals surface area contributed by atoms with Crippen LogP contribution in [0.25, 0.3) is 0 Å². The summed E-state index contributed by atoms with van der Waals surface area (Å²) in [5.74, 6) is 0.160. The van der Waals surface area contributed by atoms with E-state index in [1.54, 1.807) is 24.4 Å². The Morgan fingerprint density at radius 2 is 2.05 bits per heavy atom. The number of halogens is 1. The lowest BCUT2D eigenvalue weighted by Gasteiger charge is -2.13. The van der Waals surface area contributed by atoms with Crippen molar-refractivity contribution in [1.29, 1.82) is 0 Å². The van der Waals surface area contributed by atoms with E-state index in [-0.39, 0.29) is 18.0 Å². The van der Waals surface area contributed by atoms with Crippen molar-refractivity contribution in [3.8, 4) is 5.75 Å². The van der Waals surface area contributed by atoms with Gasteiger partial charge in [0.05, 0.1) is 12.8 Å². The monoisotopic (exact) mass is 320 g/mol. The number of carbonyl (C=O) groups excluding carboxylic acids is 1. The van der Waals surface area contributed by atoms with E-state index in [9.17, 15) is 9.59 Å². The van der Waals surface area contributed by atoms with Crippen LogP contribution in [0, 0.1) is 13.8 Å². The molecule has 2 aromatic rings. The first-order valence-electron chi connectivity index (χ1n) is 6.72. The van der Waals surface area contributed by atoms with Gasteiger partial charge in [-0.2, -0.15) is 0 Å². The number of benzene rings is 1. The van der Waals surface area contributed by atoms with Gasteiger partial charge in [-0.05, 0) is 31.0 Å². The molecular weight excluding hydrogens is 304 g/mol. The Morgan fingerprint density at radius 1 is 1.32 bits per heavy atom. The Kier molecular flexibility index (Phi) is 4.88. The summed E-state index contributed by atoms with van der Waals surface area (Å²) in [6.07, 6.45) is 1.65. The molecule has 1 aromatic carbocycles. The van der Waals surface area contributed by atoms with Gasteiger partial charge >= 0.3 is 0 Å². The first-order chi connectivity index (χ1) is 10.4. The minimum atomic E-state index is -0.312. The van der Waals surface area contributed by atoms with Crippen molar-refractivity contribution in [3.05, 3.63) is 57.0 Å². The lowest BCUT2D eigenvalue weighted by molar-refractivity contribution is -0.116. The van der Waals surface area contributed by atoms with Crippen molar-refractivity contribution in [2.75, 3.05) is 12.4 Å². The zero-order chi connectivity index (χ0) is 16.3. The maximum absolute atomic E-state index is 12.2. The van der Waals surface area contributed by atoms with E-state index < -0.39 is 0 Å². The maximum atomic E-state index is 12.2. The molecule has 116 valence electrons. The topological polar surface area (TPSA) is 60.3 Å². The number of pyridine rings is 1. The average Bonchev–Trinajstić information content (AvgIpc) is 2.46. The molecule has 5 nitrogen and oxygen atoms in total. The van der Waals surface area contributed by atoms with Gasteiger partial charge < -0.3 is 14.6 Å². The number of carbonyl (C=O) groups is 1. The SMILES string of the molecule is COc1cc(Cl)c(C)cc1NC(=O)Cn1cc(C)ccc1=O. The van der Waals surface area contributed by atoms with Gasteiger partial charge in [0.2, 0.25) is 5.91 Å². The Balaban J connectivity index is 2.20. The van der Waals surface area contributed by atoms with Crippen LogP contribution in [0.3, 0.4) is 0 Å². The van der Waals surface area contributed by atoms with E-state index in [0.29, 0.717) is 16.5 Å². The normalized spacial score (nSPS) is 10.4. The van der Waals surface area contributed by atoms with Crippen molar-refractivity contribution in [2.24, 2.45) is 0 Å². The van der Waals surface area contributed by atoms with Crippen LogP contribution in [0.5, 0.6) is 5.75 Å². The van der Waals surface area contributed by atoms with E-state index in [1.165, 1.54) is 17.7 Å². The number of rotatable bonds is 4. The van der Waals surface area contributed by atoms with Gasteiger partial charge in [-0.25, -0.2) is 0 Å². The van der Waals surface area contributed by atoms with Crippen LogP contribution in [-0.4, -0.2) is 17.6 Å². The Morgan fingerprint density at radius 3 is 2.73 bits per heavy atom. The fourth-order valence-electron chi connectivity index (χ4n) is 2.05. The minimum absolute atomic E-state index is 0.0641. The van der Waals surface area contributed by atoms with Gasteiger partial charge in [-0.3, -0.25) is 9.59 Å². The van der Waals surface area contributed by atoms with E-state index in [2.05, 4.69) is 5.32 Å². The number of hydrogen-bond donors (Lipinski definition) is 1. The Bertz CT molecular complexity index is 768. The summed E-state index contributed by atoms with van der Waals surface area (Å²) in [6, 6.07) is 6.53. The molecule has 0 atom stereocenters. The summed E-state index contributed by atoms with van der Waals surface area (Å²) < 4.78 is 6.57. The molecule has 0 bridgehead atoms. The second-order valence-corrected chi connectivity index (χ2v) is 5.43. The highest BCUT2D eigenvalue weighted by atomic mass is 35.5. The lowest BCUT2D eigenvalue weighted by Crippen LogP contribution is -2.27. The average molecular weight is 321 g/mol. The zero-order valence-electron chi connectivity index (χ0n) is 12.6. The molecule has 1 aromatic heterocycles. The fourth-order valence-corrected chi connectivity index (χ4v) is 2.20. The van der Waals surface area contributed by atoms with Crippen LogP contribution in [0.1, 0.15) is 11.1 Å². The summed E-state index contributed by atoms with van der Waals surface area (Å²) in [4.78, 5) is 23.9. The van der Waals surface area contributed by atoms with Crippen LogP contribution in [0.15, 0.2) is 35.3 Å². The highest BCUT2D eigenvalue weighted by Gasteiger charge is 2.11. The number of aryl methyl sites for hydroxylation is 2. The molecule has 6 heteroatoms. The highest BCUT2D eigenvalue weighted by Crippen LogP contribution is 2.30. The molecule has 0 spiro atoms. The van der Waals surface area contributed by atoms with Gasteiger partial charge in [-0.1, -0.05) is 17.7 Å². The number of aromatic nitrogens is 1. The van der Waals surface area contributed by atoms with Crippen LogP contribution >= 0.6 is 11.6 Å². The quantitative estimate of drug-likeness (QED) is 0.942. The summed E-state index contributed by atoms with van der Waals surface area (Å²) in [5.41, 5.74) is 2.04. The summed E-state index contributed by atoms with van der Waals surface area (Å²) in [6.45, 7) is 3.63. The fraction of sp³-hybridized carbons (Fsp3) is 0.250. The molecule has 0 aliphatic heterocycles. The second-order valence-electron chi connectivity index (χ2n) is 5.02. The number of anilines is 1. The van der Waals surface area contributed by atoms with Crippen molar-refractivity contribution < 1.29 is 9.53 Å². The van der Waals surface area contributed by atoms with Crippen LogP contribution < -0.4 is 15.6 Å². The first-order valence-corrected chi connectivity index (χ1v) is 7.09. The standard InChI is InChI=1S/C16H17ClN2O3/c1-10-4-5-16(21)19(8-10)9-15(20)18-13-6-11(2)12(17)7-14(13)22-3/h4-8H,9H2,1-3H3,(H,18,20). The predicted octanol–water partition coefficient (Wildman–Crippen LogP) is 2.77. The third kappa shape index (κ3) is 3.68. The number of nitrogens with zero attached hydrogens (tertiary/aromatic N) is 1. The van der Waals surface area contributed by atoms with Crippen molar-refractivity contribution in [2.45, 2.75) is 20.4 Å². The molecule has 1 heterocycles. The zero-order valence-corrected chi connectivity index (χ0v) is 13.4. The lowest BCUT2D eigenvalue weighted by atomic mass is 10.2. The molecule has 0 aliphatic rings. The molecule has 1 amide bonds. The largest absolute Gasteiger partial charge is 0.495 e. The number of ether oxygens (including phenoxy) is 1. The second kappa shape index (κ2) is 6.66. The Labute approximate surface area is 133 Å². The number of hydrogen-bond acceptors (Lipinski definition) is 3. The van der Waals surface area contributed by atoms with Gasteiger partial charge in [0, 0.05) is 23.4 Å². The van der Waals surface area contributed by atoms with E-state index in [0.717, 1.165) is 11.1 Å². The van der Waals surface area contributed by atoms with Gasteiger partial charge in [0.1, 0.15) is 12.3 Å². The minimum Gasteiger partial charge on any atom is -0.495 e. The van der Waals surface area contributed by atoms with Crippen LogP contribution in [-0.2, 0) is 11.3 Å².